The molecule has 34 heavy (non-hydrogen) atoms. The summed E-state index contributed by atoms with van der Waals surface area (Å²) in [7, 11) is 0. The number of nitrogens with zero attached hydrogens (tertiary/aromatic N) is 3. The van der Waals surface area contributed by atoms with Gasteiger partial charge in [0.1, 0.15) is 11.6 Å². The van der Waals surface area contributed by atoms with Gasteiger partial charge in [0.25, 0.3) is 0 Å². The number of hydrogen-bond donors (Lipinski definition) is 1. The maximum Gasteiger partial charge on any atom is 0.306 e. The number of halogens is 1. The Hall–Kier alpha value is -4.01. The summed E-state index contributed by atoms with van der Waals surface area (Å²) in [5.41, 5.74) is 2.04. The zero-order valence-electron chi connectivity index (χ0n) is 19.2. The molecule has 1 aromatic heterocycles. The fourth-order valence-corrected chi connectivity index (χ4v) is 3.33. The van der Waals surface area contributed by atoms with Crippen LogP contribution >= 0.6 is 0 Å². The number of ether oxygens (including phenoxy) is 1. The fraction of sp³-hybridized carbons (Fsp3) is 0.280. The van der Waals surface area contributed by atoms with Crippen molar-refractivity contribution >= 4 is 23.6 Å². The Bertz CT molecular complexity index is 1130. The van der Waals surface area contributed by atoms with Crippen LogP contribution in [0.15, 0.2) is 60.7 Å². The van der Waals surface area contributed by atoms with Gasteiger partial charge in [-0.3, -0.25) is 14.4 Å². The predicted octanol–water partition coefficient (Wildman–Crippen LogP) is 3.81. The summed E-state index contributed by atoms with van der Waals surface area (Å²) in [5.74, 6) is -1.19. The van der Waals surface area contributed by atoms with Crippen molar-refractivity contribution in [1.82, 2.24) is 14.7 Å². The van der Waals surface area contributed by atoms with E-state index in [1.807, 2.05) is 30.3 Å². The molecule has 2 aromatic carbocycles. The highest BCUT2D eigenvalue weighted by molar-refractivity contribution is 5.95. The standard InChI is InChI=1S/C25H27FN4O4/c1-3-29(24(32)14-15-25(33)34-4-2)17-23(31)27-22-16-21(18-8-6-5-7-9-18)28-30(22)20-12-10-19(26)11-13-20/h5-13,16H,3-4,14-15,17H2,1-2H3,(H,27,31). The zero-order chi connectivity index (χ0) is 24.5. The number of nitrogens with one attached hydrogen (secondary N) is 1. The number of amides is 2. The molecular weight excluding hydrogens is 439 g/mol. The first kappa shape index (κ1) is 24.6. The second kappa shape index (κ2) is 11.7. The molecule has 0 saturated carbocycles. The molecule has 0 saturated heterocycles. The minimum absolute atomic E-state index is 0.0361. The van der Waals surface area contributed by atoms with Crippen molar-refractivity contribution in [2.45, 2.75) is 26.7 Å². The SMILES string of the molecule is CCOC(=O)CCC(=O)N(CC)CC(=O)Nc1cc(-c2ccccc2)nn1-c1ccc(F)cc1. The van der Waals surface area contributed by atoms with E-state index in [9.17, 15) is 18.8 Å². The van der Waals surface area contributed by atoms with Gasteiger partial charge < -0.3 is 15.0 Å². The van der Waals surface area contributed by atoms with Crippen molar-refractivity contribution < 1.29 is 23.5 Å². The quantitative estimate of drug-likeness (QED) is 0.459. The largest absolute Gasteiger partial charge is 0.466 e. The molecule has 3 aromatic rings. The normalized spacial score (nSPS) is 10.6. The first-order chi connectivity index (χ1) is 16.4. The number of carbonyl (C=O) groups excluding carboxylic acids is 3. The van der Waals surface area contributed by atoms with Gasteiger partial charge in [-0.25, -0.2) is 9.07 Å². The van der Waals surface area contributed by atoms with E-state index in [1.165, 1.54) is 21.7 Å². The van der Waals surface area contributed by atoms with Crippen LogP contribution < -0.4 is 5.32 Å². The lowest BCUT2D eigenvalue weighted by Gasteiger charge is -2.20. The molecule has 0 atom stereocenters. The number of carbonyl (C=O) groups is 3. The summed E-state index contributed by atoms with van der Waals surface area (Å²) in [6, 6.07) is 16.9. The smallest absolute Gasteiger partial charge is 0.306 e. The third kappa shape index (κ3) is 6.50. The van der Waals surface area contributed by atoms with E-state index >= 15 is 0 Å². The van der Waals surface area contributed by atoms with Crippen molar-refractivity contribution in [1.29, 1.82) is 0 Å². The van der Waals surface area contributed by atoms with Crippen LogP contribution in [0.1, 0.15) is 26.7 Å². The van der Waals surface area contributed by atoms with E-state index in [4.69, 9.17) is 4.74 Å². The first-order valence-corrected chi connectivity index (χ1v) is 11.1. The number of aromatic nitrogens is 2. The molecule has 8 nitrogen and oxygen atoms in total. The number of esters is 1. The predicted molar refractivity (Wildman–Crippen MR) is 126 cm³/mol. The Morgan fingerprint density at radius 2 is 1.74 bits per heavy atom. The van der Waals surface area contributed by atoms with Gasteiger partial charge in [-0.15, -0.1) is 0 Å². The molecule has 0 aliphatic carbocycles. The van der Waals surface area contributed by atoms with Crippen LogP contribution in [0, 0.1) is 5.82 Å². The lowest BCUT2D eigenvalue weighted by molar-refractivity contribution is -0.145. The van der Waals surface area contributed by atoms with Gasteiger partial charge in [0, 0.05) is 24.6 Å². The molecule has 0 fully saturated rings. The van der Waals surface area contributed by atoms with Gasteiger partial charge in [-0.2, -0.15) is 5.10 Å². The molecule has 3 rings (SSSR count). The molecule has 1 heterocycles. The van der Waals surface area contributed by atoms with E-state index in [2.05, 4.69) is 10.4 Å². The molecule has 2 amide bonds. The Balaban J connectivity index is 1.77. The number of benzene rings is 2. The summed E-state index contributed by atoms with van der Waals surface area (Å²) in [5, 5.41) is 7.38. The highest BCUT2D eigenvalue weighted by Gasteiger charge is 2.19. The van der Waals surface area contributed by atoms with Crippen LogP contribution in [0.2, 0.25) is 0 Å². The Morgan fingerprint density at radius 1 is 1.03 bits per heavy atom. The zero-order valence-corrected chi connectivity index (χ0v) is 19.2. The minimum Gasteiger partial charge on any atom is -0.466 e. The van der Waals surface area contributed by atoms with E-state index < -0.39 is 11.9 Å². The summed E-state index contributed by atoms with van der Waals surface area (Å²) >= 11 is 0. The van der Waals surface area contributed by atoms with Gasteiger partial charge in [0.15, 0.2) is 0 Å². The molecule has 0 unspecified atom stereocenters. The highest BCUT2D eigenvalue weighted by Crippen LogP contribution is 2.25. The van der Waals surface area contributed by atoms with Crippen LogP contribution in [-0.2, 0) is 19.1 Å². The van der Waals surface area contributed by atoms with E-state index in [1.54, 1.807) is 32.0 Å². The maximum absolute atomic E-state index is 13.4. The van der Waals surface area contributed by atoms with Crippen molar-refractivity contribution in [2.75, 3.05) is 25.0 Å². The second-order valence-corrected chi connectivity index (χ2v) is 7.43. The number of rotatable bonds is 10. The lowest BCUT2D eigenvalue weighted by Crippen LogP contribution is -2.38. The van der Waals surface area contributed by atoms with Crippen molar-refractivity contribution in [3.8, 4) is 16.9 Å². The molecule has 0 radical (unpaired) electrons. The van der Waals surface area contributed by atoms with E-state index in [0.29, 0.717) is 23.7 Å². The fourth-order valence-electron chi connectivity index (χ4n) is 3.33. The Kier molecular flexibility index (Phi) is 8.50. The monoisotopic (exact) mass is 466 g/mol. The molecule has 1 N–H and O–H groups in total. The van der Waals surface area contributed by atoms with Crippen LogP contribution in [0.4, 0.5) is 10.2 Å². The summed E-state index contributed by atoms with van der Waals surface area (Å²) in [6.45, 7) is 3.82. The Labute approximate surface area is 197 Å². The van der Waals surface area contributed by atoms with Gasteiger partial charge in [-0.05, 0) is 38.1 Å². The van der Waals surface area contributed by atoms with Gasteiger partial charge in [-0.1, -0.05) is 30.3 Å². The van der Waals surface area contributed by atoms with Crippen LogP contribution in [0.25, 0.3) is 16.9 Å². The molecular formula is C25H27FN4O4. The van der Waals surface area contributed by atoms with Gasteiger partial charge >= 0.3 is 5.97 Å². The molecule has 0 aliphatic rings. The van der Waals surface area contributed by atoms with E-state index in [-0.39, 0.29) is 37.7 Å². The number of hydrogen-bond acceptors (Lipinski definition) is 5. The van der Waals surface area contributed by atoms with Crippen molar-refractivity contribution in [3.05, 3.63) is 66.5 Å². The summed E-state index contributed by atoms with van der Waals surface area (Å²) in [4.78, 5) is 38.2. The van der Waals surface area contributed by atoms with Crippen molar-refractivity contribution in [2.24, 2.45) is 0 Å². The highest BCUT2D eigenvalue weighted by atomic mass is 19.1. The van der Waals surface area contributed by atoms with Crippen LogP contribution in [-0.4, -0.2) is 52.2 Å². The first-order valence-electron chi connectivity index (χ1n) is 11.1. The third-order valence-corrected chi connectivity index (χ3v) is 5.03. The second-order valence-electron chi connectivity index (χ2n) is 7.43. The van der Waals surface area contributed by atoms with Crippen LogP contribution in [0.3, 0.4) is 0 Å². The molecule has 0 spiro atoms. The van der Waals surface area contributed by atoms with Crippen LogP contribution in [0.5, 0.6) is 0 Å². The molecule has 0 aliphatic heterocycles. The van der Waals surface area contributed by atoms with E-state index in [0.717, 1.165) is 5.56 Å². The lowest BCUT2D eigenvalue weighted by atomic mass is 10.1. The molecule has 0 bridgehead atoms. The minimum atomic E-state index is -0.451. The third-order valence-electron chi connectivity index (χ3n) is 5.03. The molecule has 9 heteroatoms. The van der Waals surface area contributed by atoms with Gasteiger partial charge in [0.2, 0.25) is 11.8 Å². The van der Waals surface area contributed by atoms with Gasteiger partial charge in [0.05, 0.1) is 31.0 Å². The number of likely N-dealkylation sites (N-methyl/N-ethyl adjacent to an activating group) is 1. The topological polar surface area (TPSA) is 93.5 Å². The van der Waals surface area contributed by atoms with Crippen molar-refractivity contribution in [3.63, 3.8) is 0 Å². The summed E-state index contributed by atoms with van der Waals surface area (Å²) < 4.78 is 19.8. The Morgan fingerprint density at radius 3 is 2.38 bits per heavy atom. The summed E-state index contributed by atoms with van der Waals surface area (Å²) in [6.07, 6.45) is -0.0752. The number of anilines is 1. The average Bonchev–Trinajstić information content (AvgIpc) is 3.25. The maximum atomic E-state index is 13.4. The molecule has 178 valence electrons. The average molecular weight is 467 g/mol.